The number of amides is 1. The fourth-order valence-electron chi connectivity index (χ4n) is 2.70. The summed E-state index contributed by atoms with van der Waals surface area (Å²) in [5, 5.41) is 3.66. The van der Waals surface area contributed by atoms with Gasteiger partial charge < -0.3 is 9.64 Å². The van der Waals surface area contributed by atoms with E-state index >= 15 is 0 Å². The van der Waals surface area contributed by atoms with Gasteiger partial charge in [-0.05, 0) is 38.1 Å². The SMILES string of the molecule is CCN(CC)C(=O)c1csc(-c2ccc(OCc3ccccc3Cl)cc2Cl)n1. The fraction of sp³-hybridized carbons (Fsp3) is 0.238. The number of nitrogens with zero attached hydrogens (tertiary/aromatic N) is 2. The standard InChI is InChI=1S/C21H20Cl2N2O2S/c1-3-25(4-2)21(26)19-13-28-20(24-19)16-10-9-15(11-18(16)23)27-12-14-7-5-6-8-17(14)22/h5-11,13H,3-4,12H2,1-2H3. The van der Waals surface area contributed by atoms with Crippen LogP contribution >= 0.6 is 34.5 Å². The second-order valence-electron chi connectivity index (χ2n) is 6.04. The molecule has 0 N–H and O–H groups in total. The van der Waals surface area contributed by atoms with E-state index in [4.69, 9.17) is 27.9 Å². The van der Waals surface area contributed by atoms with E-state index in [1.165, 1.54) is 11.3 Å². The first kappa shape index (κ1) is 20.6. The number of benzene rings is 2. The number of aromatic nitrogens is 1. The van der Waals surface area contributed by atoms with Crippen LogP contribution < -0.4 is 4.74 Å². The minimum Gasteiger partial charge on any atom is -0.489 e. The van der Waals surface area contributed by atoms with Crippen LogP contribution in [0.25, 0.3) is 10.6 Å². The Morgan fingerprint density at radius 3 is 2.54 bits per heavy atom. The lowest BCUT2D eigenvalue weighted by molar-refractivity contribution is 0.0768. The molecule has 0 spiro atoms. The summed E-state index contributed by atoms with van der Waals surface area (Å²) in [6, 6.07) is 13.0. The van der Waals surface area contributed by atoms with Gasteiger partial charge >= 0.3 is 0 Å². The van der Waals surface area contributed by atoms with Gasteiger partial charge in [0, 0.05) is 34.6 Å². The van der Waals surface area contributed by atoms with Crippen molar-refractivity contribution in [2.45, 2.75) is 20.5 Å². The molecule has 0 aliphatic heterocycles. The van der Waals surface area contributed by atoms with Crippen LogP contribution in [0.2, 0.25) is 10.0 Å². The van der Waals surface area contributed by atoms with Crippen LogP contribution in [0, 0.1) is 0 Å². The first-order valence-electron chi connectivity index (χ1n) is 8.94. The smallest absolute Gasteiger partial charge is 0.273 e. The van der Waals surface area contributed by atoms with Gasteiger partial charge in [0.05, 0.1) is 5.02 Å². The molecular formula is C21H20Cl2N2O2S. The van der Waals surface area contributed by atoms with Crippen molar-refractivity contribution >= 4 is 40.4 Å². The lowest BCUT2D eigenvalue weighted by atomic mass is 10.2. The maximum absolute atomic E-state index is 12.4. The molecule has 3 aromatic rings. The number of halogens is 2. The van der Waals surface area contributed by atoms with Crippen molar-refractivity contribution in [1.29, 1.82) is 0 Å². The summed E-state index contributed by atoms with van der Waals surface area (Å²) in [6.45, 7) is 5.57. The first-order valence-corrected chi connectivity index (χ1v) is 10.6. The van der Waals surface area contributed by atoms with E-state index in [0.717, 1.165) is 11.1 Å². The van der Waals surface area contributed by atoms with E-state index in [9.17, 15) is 4.79 Å². The van der Waals surface area contributed by atoms with E-state index < -0.39 is 0 Å². The highest BCUT2D eigenvalue weighted by atomic mass is 35.5. The number of thiazole rings is 1. The lowest BCUT2D eigenvalue weighted by Gasteiger charge is -2.16. The molecule has 28 heavy (non-hydrogen) atoms. The van der Waals surface area contributed by atoms with Crippen molar-refractivity contribution in [2.24, 2.45) is 0 Å². The highest BCUT2D eigenvalue weighted by molar-refractivity contribution is 7.13. The monoisotopic (exact) mass is 434 g/mol. The zero-order valence-electron chi connectivity index (χ0n) is 15.6. The van der Waals surface area contributed by atoms with E-state index in [0.29, 0.717) is 46.2 Å². The Hall–Kier alpha value is -2.08. The van der Waals surface area contributed by atoms with Crippen LogP contribution in [0.4, 0.5) is 0 Å². The third-order valence-corrected chi connectivity index (χ3v) is 5.85. The summed E-state index contributed by atoms with van der Waals surface area (Å²) in [5.41, 5.74) is 2.12. The Bertz CT molecular complexity index is 971. The summed E-state index contributed by atoms with van der Waals surface area (Å²) in [4.78, 5) is 18.7. The molecule has 0 bridgehead atoms. The molecule has 0 atom stereocenters. The zero-order chi connectivity index (χ0) is 20.1. The first-order chi connectivity index (χ1) is 13.5. The molecule has 0 unspecified atom stereocenters. The van der Waals surface area contributed by atoms with Crippen LogP contribution in [-0.2, 0) is 6.61 Å². The summed E-state index contributed by atoms with van der Waals surface area (Å²) in [5.74, 6) is 0.577. The molecule has 0 saturated carbocycles. The number of ether oxygens (including phenoxy) is 1. The highest BCUT2D eigenvalue weighted by Crippen LogP contribution is 2.33. The molecule has 2 aromatic carbocycles. The predicted molar refractivity (Wildman–Crippen MR) is 116 cm³/mol. The molecular weight excluding hydrogens is 415 g/mol. The maximum Gasteiger partial charge on any atom is 0.273 e. The molecule has 7 heteroatoms. The van der Waals surface area contributed by atoms with Gasteiger partial charge in [-0.3, -0.25) is 4.79 Å². The normalized spacial score (nSPS) is 10.7. The number of carbonyl (C=O) groups excluding carboxylic acids is 1. The van der Waals surface area contributed by atoms with Gasteiger partial charge in [0.25, 0.3) is 5.91 Å². The quantitative estimate of drug-likeness (QED) is 0.445. The Balaban J connectivity index is 1.74. The molecule has 1 amide bonds. The minimum absolute atomic E-state index is 0.0664. The van der Waals surface area contributed by atoms with E-state index in [-0.39, 0.29) is 5.91 Å². The van der Waals surface area contributed by atoms with E-state index in [2.05, 4.69) is 4.98 Å². The molecule has 1 heterocycles. The third kappa shape index (κ3) is 4.66. The van der Waals surface area contributed by atoms with Crippen molar-refractivity contribution < 1.29 is 9.53 Å². The molecule has 0 aliphatic carbocycles. The molecule has 0 fully saturated rings. The van der Waals surface area contributed by atoms with Gasteiger partial charge in [-0.1, -0.05) is 41.4 Å². The van der Waals surface area contributed by atoms with Gasteiger partial charge in [0.1, 0.15) is 23.1 Å². The molecule has 146 valence electrons. The van der Waals surface area contributed by atoms with Crippen molar-refractivity contribution in [1.82, 2.24) is 9.88 Å². The fourth-order valence-corrected chi connectivity index (χ4v) is 4.04. The number of hydrogen-bond donors (Lipinski definition) is 0. The number of rotatable bonds is 7. The van der Waals surface area contributed by atoms with Crippen LogP contribution in [0.1, 0.15) is 29.9 Å². The largest absolute Gasteiger partial charge is 0.489 e. The molecule has 1 aromatic heterocycles. The van der Waals surface area contributed by atoms with Gasteiger partial charge in [-0.25, -0.2) is 4.98 Å². The van der Waals surface area contributed by atoms with Crippen molar-refractivity contribution in [3.63, 3.8) is 0 Å². The second kappa shape index (κ2) is 9.41. The van der Waals surface area contributed by atoms with Crippen LogP contribution in [-0.4, -0.2) is 28.9 Å². The average molecular weight is 435 g/mol. The van der Waals surface area contributed by atoms with Gasteiger partial charge in [0.2, 0.25) is 0 Å². The predicted octanol–water partition coefficient (Wildman–Crippen LogP) is 6.18. The Kier molecular flexibility index (Phi) is 6.94. The number of carbonyl (C=O) groups is 1. The Labute approximate surface area is 178 Å². The summed E-state index contributed by atoms with van der Waals surface area (Å²) in [7, 11) is 0. The zero-order valence-corrected chi connectivity index (χ0v) is 17.9. The second-order valence-corrected chi connectivity index (χ2v) is 7.71. The van der Waals surface area contributed by atoms with E-state index in [1.54, 1.807) is 16.3 Å². The third-order valence-electron chi connectivity index (χ3n) is 4.30. The van der Waals surface area contributed by atoms with Gasteiger partial charge in [-0.2, -0.15) is 0 Å². The summed E-state index contributed by atoms with van der Waals surface area (Å²) in [6.07, 6.45) is 0. The van der Waals surface area contributed by atoms with E-state index in [1.807, 2.05) is 50.2 Å². The summed E-state index contributed by atoms with van der Waals surface area (Å²) >= 11 is 14.0. The minimum atomic E-state index is -0.0664. The van der Waals surface area contributed by atoms with Crippen LogP contribution in [0.15, 0.2) is 47.8 Å². The van der Waals surface area contributed by atoms with Crippen molar-refractivity contribution in [2.75, 3.05) is 13.1 Å². The van der Waals surface area contributed by atoms with Gasteiger partial charge in [-0.15, -0.1) is 11.3 Å². The van der Waals surface area contributed by atoms with Gasteiger partial charge in [0.15, 0.2) is 0 Å². The Morgan fingerprint density at radius 1 is 1.11 bits per heavy atom. The molecule has 0 radical (unpaired) electrons. The summed E-state index contributed by atoms with van der Waals surface area (Å²) < 4.78 is 5.80. The molecule has 4 nitrogen and oxygen atoms in total. The average Bonchev–Trinajstić information content (AvgIpc) is 3.18. The molecule has 3 rings (SSSR count). The van der Waals surface area contributed by atoms with Crippen molar-refractivity contribution in [3.05, 3.63) is 69.1 Å². The maximum atomic E-state index is 12.4. The van der Waals surface area contributed by atoms with Crippen molar-refractivity contribution in [3.8, 4) is 16.3 Å². The van der Waals surface area contributed by atoms with Crippen LogP contribution in [0.3, 0.4) is 0 Å². The van der Waals surface area contributed by atoms with Crippen LogP contribution in [0.5, 0.6) is 5.75 Å². The highest BCUT2D eigenvalue weighted by Gasteiger charge is 2.18. The lowest BCUT2D eigenvalue weighted by Crippen LogP contribution is -2.30. The topological polar surface area (TPSA) is 42.4 Å². The molecule has 0 saturated heterocycles. The number of hydrogen-bond acceptors (Lipinski definition) is 4. The molecule has 0 aliphatic rings. The Morgan fingerprint density at radius 2 is 1.86 bits per heavy atom.